The zero-order valence-electron chi connectivity index (χ0n) is 11.8. The van der Waals surface area contributed by atoms with Gasteiger partial charge in [-0.3, -0.25) is 4.79 Å². The number of carbonyl (C=O) groups is 1. The van der Waals surface area contributed by atoms with Gasteiger partial charge in [-0.2, -0.15) is 5.26 Å². The minimum atomic E-state index is -0.578. The van der Waals surface area contributed by atoms with Gasteiger partial charge in [-0.25, -0.2) is 0 Å². The number of rotatable bonds is 1. The van der Waals surface area contributed by atoms with E-state index in [-0.39, 0.29) is 16.7 Å². The summed E-state index contributed by atoms with van der Waals surface area (Å²) in [6.45, 7) is 5.29. The zero-order valence-corrected chi connectivity index (χ0v) is 12.7. The lowest BCUT2D eigenvalue weighted by atomic mass is 9.66. The van der Waals surface area contributed by atoms with E-state index in [9.17, 15) is 10.1 Å². The Labute approximate surface area is 123 Å². The van der Waals surface area contributed by atoms with Crippen LogP contribution in [0.15, 0.2) is 17.5 Å². The van der Waals surface area contributed by atoms with Crippen molar-refractivity contribution in [3.63, 3.8) is 0 Å². The minimum absolute atomic E-state index is 0.0354. The fraction of sp³-hybridized carbons (Fsp3) is 0.625. The number of nitriles is 1. The van der Waals surface area contributed by atoms with Crippen molar-refractivity contribution in [3.05, 3.63) is 22.4 Å². The molecule has 1 aliphatic heterocycles. The summed E-state index contributed by atoms with van der Waals surface area (Å²) in [4.78, 5) is 15.5. The molecular formula is C16H18N2OS. The van der Waals surface area contributed by atoms with Crippen LogP contribution in [0.3, 0.4) is 0 Å². The molecule has 3 nitrogen and oxygen atoms in total. The Hall–Kier alpha value is -1.34. The number of likely N-dealkylation sites (tertiary alicyclic amines) is 1. The van der Waals surface area contributed by atoms with Crippen LogP contribution >= 0.6 is 11.3 Å². The van der Waals surface area contributed by atoms with Crippen LogP contribution in [0, 0.1) is 28.1 Å². The minimum Gasteiger partial charge on any atom is -0.318 e. The maximum atomic E-state index is 12.8. The molecule has 0 spiro atoms. The summed E-state index contributed by atoms with van der Waals surface area (Å²) in [6, 6.07) is 6.34. The van der Waals surface area contributed by atoms with Crippen molar-refractivity contribution in [3.8, 4) is 6.07 Å². The van der Waals surface area contributed by atoms with Gasteiger partial charge in [0.25, 0.3) is 5.91 Å². The van der Waals surface area contributed by atoms with Crippen LogP contribution in [-0.4, -0.2) is 22.9 Å². The van der Waals surface area contributed by atoms with Crippen LogP contribution in [-0.2, 0) is 0 Å². The van der Waals surface area contributed by atoms with E-state index in [4.69, 9.17) is 0 Å². The van der Waals surface area contributed by atoms with Gasteiger partial charge < -0.3 is 4.90 Å². The summed E-state index contributed by atoms with van der Waals surface area (Å²) < 4.78 is 0. The van der Waals surface area contributed by atoms with Gasteiger partial charge in [0, 0.05) is 12.0 Å². The molecule has 4 atom stereocenters. The van der Waals surface area contributed by atoms with E-state index in [0.717, 1.165) is 24.3 Å². The topological polar surface area (TPSA) is 44.1 Å². The lowest BCUT2D eigenvalue weighted by molar-refractivity contribution is 0.0435. The number of nitrogens with zero attached hydrogens (tertiary/aromatic N) is 2. The van der Waals surface area contributed by atoms with Crippen LogP contribution < -0.4 is 0 Å². The summed E-state index contributed by atoms with van der Waals surface area (Å²) in [5.41, 5.74) is -0.492. The van der Waals surface area contributed by atoms with Crippen molar-refractivity contribution < 1.29 is 4.79 Å². The molecule has 0 N–H and O–H groups in total. The molecule has 0 radical (unpaired) electrons. The smallest absolute Gasteiger partial charge is 0.265 e. The lowest BCUT2D eigenvalue weighted by Crippen LogP contribution is -2.54. The van der Waals surface area contributed by atoms with Crippen molar-refractivity contribution in [2.24, 2.45) is 16.7 Å². The van der Waals surface area contributed by atoms with Gasteiger partial charge in [-0.1, -0.05) is 19.9 Å². The number of thiophene rings is 1. The second-order valence-corrected chi connectivity index (χ2v) is 7.98. The fourth-order valence-electron chi connectivity index (χ4n) is 5.29. The standard InChI is InChI=1S/C16H18N2OS/c1-14-10-18(13(19)12-4-3-7-20-12)16(9-17)8-11(14)5-6-15(14,16)2/h3-4,7,11H,5-6,8,10H2,1-2H3/t11-,14-,15-,16-/m0/s1. The molecule has 0 unspecified atom stereocenters. The Morgan fingerprint density at radius 2 is 2.35 bits per heavy atom. The molecule has 104 valence electrons. The van der Waals surface area contributed by atoms with Crippen molar-refractivity contribution in [1.82, 2.24) is 4.90 Å². The normalized spacial score (nSPS) is 44.9. The molecule has 2 heterocycles. The van der Waals surface area contributed by atoms with Gasteiger partial charge >= 0.3 is 0 Å². The van der Waals surface area contributed by atoms with Crippen molar-refractivity contribution in [2.45, 2.75) is 38.6 Å². The SMILES string of the molecule is C[C@@]12CC[C@H]3C[C@@]1(C#N)N(C(=O)c1cccs1)C[C@@]32C. The van der Waals surface area contributed by atoms with E-state index in [1.54, 1.807) is 0 Å². The highest BCUT2D eigenvalue weighted by atomic mass is 32.1. The van der Waals surface area contributed by atoms with Gasteiger partial charge in [0.2, 0.25) is 0 Å². The van der Waals surface area contributed by atoms with Gasteiger partial charge in [0.15, 0.2) is 0 Å². The highest BCUT2D eigenvalue weighted by Crippen LogP contribution is 2.75. The van der Waals surface area contributed by atoms with Crippen LogP contribution in [0.4, 0.5) is 0 Å². The second-order valence-electron chi connectivity index (χ2n) is 7.03. The van der Waals surface area contributed by atoms with Gasteiger partial charge in [0.05, 0.1) is 10.9 Å². The van der Waals surface area contributed by atoms with E-state index in [0.29, 0.717) is 5.92 Å². The Balaban J connectivity index is 1.82. The average Bonchev–Trinajstić information content (AvgIpc) is 3.13. The van der Waals surface area contributed by atoms with Gasteiger partial charge in [-0.15, -0.1) is 11.3 Å². The van der Waals surface area contributed by atoms with Crippen molar-refractivity contribution >= 4 is 17.2 Å². The van der Waals surface area contributed by atoms with Gasteiger partial charge in [-0.05, 0) is 42.0 Å². The number of carbonyl (C=O) groups excluding carboxylic acids is 1. The summed E-state index contributed by atoms with van der Waals surface area (Å²) in [5.74, 6) is 0.663. The largest absolute Gasteiger partial charge is 0.318 e. The van der Waals surface area contributed by atoms with Crippen LogP contribution in [0.5, 0.6) is 0 Å². The second kappa shape index (κ2) is 3.46. The first-order chi connectivity index (χ1) is 9.48. The van der Waals surface area contributed by atoms with Crippen molar-refractivity contribution in [1.29, 1.82) is 5.26 Å². The summed E-state index contributed by atoms with van der Waals surface area (Å²) >= 11 is 1.47. The Kier molecular flexibility index (Phi) is 2.14. The number of hydrogen-bond acceptors (Lipinski definition) is 3. The third kappa shape index (κ3) is 1.04. The Morgan fingerprint density at radius 3 is 2.95 bits per heavy atom. The molecule has 2 saturated carbocycles. The molecule has 3 fully saturated rings. The fourth-order valence-corrected chi connectivity index (χ4v) is 5.96. The molecule has 2 aliphatic carbocycles. The van der Waals surface area contributed by atoms with E-state index >= 15 is 0 Å². The zero-order chi connectivity index (χ0) is 14.2. The van der Waals surface area contributed by atoms with E-state index in [2.05, 4.69) is 19.9 Å². The highest BCUT2D eigenvalue weighted by molar-refractivity contribution is 7.12. The lowest BCUT2D eigenvalue weighted by Gasteiger charge is -2.42. The Morgan fingerprint density at radius 1 is 1.55 bits per heavy atom. The number of hydrogen-bond donors (Lipinski definition) is 0. The number of piperidine rings is 1. The molecule has 4 bridgehead atoms. The van der Waals surface area contributed by atoms with Gasteiger partial charge in [0.1, 0.15) is 5.54 Å². The Bertz CT molecular complexity index is 633. The van der Waals surface area contributed by atoms with E-state index in [1.807, 2.05) is 22.4 Å². The molecule has 4 rings (SSSR count). The molecule has 1 amide bonds. The van der Waals surface area contributed by atoms with E-state index in [1.165, 1.54) is 17.8 Å². The monoisotopic (exact) mass is 286 g/mol. The molecule has 4 heteroatoms. The predicted molar refractivity (Wildman–Crippen MR) is 77.3 cm³/mol. The first kappa shape index (κ1) is 12.4. The average molecular weight is 286 g/mol. The first-order valence-corrected chi connectivity index (χ1v) is 8.13. The molecule has 20 heavy (non-hydrogen) atoms. The quantitative estimate of drug-likeness (QED) is 0.795. The predicted octanol–water partition coefficient (Wildman–Crippen LogP) is 3.29. The molecule has 1 aromatic rings. The summed E-state index contributed by atoms with van der Waals surface area (Å²) in [6.07, 6.45) is 3.17. The molecule has 3 aliphatic rings. The molecule has 0 aromatic carbocycles. The maximum absolute atomic E-state index is 12.8. The molecule has 1 aromatic heterocycles. The van der Waals surface area contributed by atoms with Crippen molar-refractivity contribution in [2.75, 3.05) is 6.54 Å². The van der Waals surface area contributed by atoms with Crippen LogP contribution in [0.1, 0.15) is 42.8 Å². The summed E-state index contributed by atoms with van der Waals surface area (Å²) in [7, 11) is 0. The molecule has 1 saturated heterocycles. The third-order valence-electron chi connectivity index (χ3n) is 6.72. The van der Waals surface area contributed by atoms with Crippen LogP contribution in [0.2, 0.25) is 0 Å². The van der Waals surface area contributed by atoms with Crippen LogP contribution in [0.25, 0.3) is 0 Å². The molecular weight excluding hydrogens is 268 g/mol. The number of amides is 1. The maximum Gasteiger partial charge on any atom is 0.265 e. The third-order valence-corrected chi connectivity index (χ3v) is 7.58. The summed E-state index contributed by atoms with van der Waals surface area (Å²) in [5, 5.41) is 11.8. The van der Waals surface area contributed by atoms with E-state index < -0.39 is 5.54 Å². The first-order valence-electron chi connectivity index (χ1n) is 7.25. The highest BCUT2D eigenvalue weighted by Gasteiger charge is 2.78.